The molecule has 0 aromatic heterocycles. The van der Waals surface area contributed by atoms with Gasteiger partial charge in [0.15, 0.2) is 0 Å². The average molecular weight is 300 g/mol. The van der Waals surface area contributed by atoms with Crippen molar-refractivity contribution in [3.63, 3.8) is 0 Å². The van der Waals surface area contributed by atoms with E-state index >= 15 is 0 Å². The maximum absolute atomic E-state index is 13.3. The first-order valence-corrected chi connectivity index (χ1v) is 9.25. The fourth-order valence-corrected chi connectivity index (χ4v) is 4.99. The van der Waals surface area contributed by atoms with Gasteiger partial charge in [-0.1, -0.05) is 72.8 Å². The molecule has 0 bridgehead atoms. The van der Waals surface area contributed by atoms with Crippen molar-refractivity contribution in [3.05, 3.63) is 83.9 Å². The van der Waals surface area contributed by atoms with E-state index in [-0.39, 0.29) is 0 Å². The second-order valence-corrected chi connectivity index (χ2v) is 8.25. The van der Waals surface area contributed by atoms with Crippen molar-refractivity contribution >= 4 is 7.14 Å². The Morgan fingerprint density at radius 2 is 1.38 bits per heavy atom. The van der Waals surface area contributed by atoms with Gasteiger partial charge in [-0.2, -0.15) is 0 Å². The van der Waals surface area contributed by atoms with Crippen molar-refractivity contribution < 1.29 is 9.67 Å². The molecule has 0 saturated heterocycles. The van der Waals surface area contributed by atoms with Crippen LogP contribution in [0.4, 0.5) is 0 Å². The van der Waals surface area contributed by atoms with Gasteiger partial charge < -0.3 is 9.67 Å². The maximum Gasteiger partial charge on any atom is 0.127 e. The first kappa shape index (κ1) is 15.8. The Bertz CT molecular complexity index is 575. The Kier molecular flexibility index (Phi) is 5.55. The second kappa shape index (κ2) is 7.40. The SMILES string of the molecule is C/C=C/C(O)P(=O)(Cc1ccccc1)Cc1ccccc1. The zero-order chi connectivity index (χ0) is 15.1. The number of hydrogen-bond acceptors (Lipinski definition) is 2. The molecule has 1 unspecified atom stereocenters. The molecule has 0 aliphatic heterocycles. The van der Waals surface area contributed by atoms with Crippen molar-refractivity contribution in [2.75, 3.05) is 0 Å². The molecule has 0 heterocycles. The van der Waals surface area contributed by atoms with Crippen LogP contribution in [-0.4, -0.2) is 11.0 Å². The molecule has 2 aromatic carbocycles. The van der Waals surface area contributed by atoms with E-state index in [1.54, 1.807) is 12.2 Å². The molecule has 1 N–H and O–H groups in total. The Morgan fingerprint density at radius 3 is 1.76 bits per heavy atom. The van der Waals surface area contributed by atoms with E-state index in [0.29, 0.717) is 12.3 Å². The highest BCUT2D eigenvalue weighted by Gasteiger charge is 2.30. The lowest BCUT2D eigenvalue weighted by Crippen LogP contribution is -2.08. The third-order valence-corrected chi connectivity index (χ3v) is 6.37. The van der Waals surface area contributed by atoms with E-state index in [9.17, 15) is 9.67 Å². The summed E-state index contributed by atoms with van der Waals surface area (Å²) in [6.07, 6.45) is 4.21. The molecule has 2 nitrogen and oxygen atoms in total. The Morgan fingerprint density at radius 1 is 0.952 bits per heavy atom. The van der Waals surface area contributed by atoms with Crippen molar-refractivity contribution in [3.8, 4) is 0 Å². The molecule has 0 saturated carbocycles. The van der Waals surface area contributed by atoms with E-state index in [1.165, 1.54) is 0 Å². The lowest BCUT2D eigenvalue weighted by molar-refractivity contribution is 0.291. The topological polar surface area (TPSA) is 37.3 Å². The van der Waals surface area contributed by atoms with Crippen LogP contribution in [0.3, 0.4) is 0 Å². The summed E-state index contributed by atoms with van der Waals surface area (Å²) >= 11 is 0. The Balaban J connectivity index is 2.28. The second-order valence-electron chi connectivity index (χ2n) is 5.18. The zero-order valence-corrected chi connectivity index (χ0v) is 13.1. The van der Waals surface area contributed by atoms with Gasteiger partial charge in [-0.15, -0.1) is 0 Å². The van der Waals surface area contributed by atoms with E-state index in [2.05, 4.69) is 0 Å². The van der Waals surface area contributed by atoms with E-state index in [0.717, 1.165) is 11.1 Å². The largest absolute Gasteiger partial charge is 0.381 e. The quantitative estimate of drug-likeness (QED) is 0.623. The lowest BCUT2D eigenvalue weighted by Gasteiger charge is -2.22. The fraction of sp³-hybridized carbons (Fsp3) is 0.222. The zero-order valence-electron chi connectivity index (χ0n) is 12.2. The van der Waals surface area contributed by atoms with Gasteiger partial charge in [0.1, 0.15) is 13.0 Å². The fourth-order valence-electron chi connectivity index (χ4n) is 2.36. The van der Waals surface area contributed by atoms with Crippen LogP contribution in [0.2, 0.25) is 0 Å². The van der Waals surface area contributed by atoms with Crippen LogP contribution in [0, 0.1) is 0 Å². The van der Waals surface area contributed by atoms with Crippen molar-refractivity contribution in [1.29, 1.82) is 0 Å². The van der Waals surface area contributed by atoms with Gasteiger partial charge in [0, 0.05) is 12.3 Å². The van der Waals surface area contributed by atoms with Gasteiger partial charge in [0.05, 0.1) is 0 Å². The molecule has 0 spiro atoms. The van der Waals surface area contributed by atoms with Crippen LogP contribution in [-0.2, 0) is 16.9 Å². The summed E-state index contributed by atoms with van der Waals surface area (Å²) in [6.45, 7) is 1.83. The van der Waals surface area contributed by atoms with Crippen LogP contribution in [0.1, 0.15) is 18.1 Å². The summed E-state index contributed by atoms with van der Waals surface area (Å²) in [4.78, 5) is 0. The number of hydrogen-bond donors (Lipinski definition) is 1. The van der Waals surface area contributed by atoms with Gasteiger partial charge in [-0.05, 0) is 18.1 Å². The first-order valence-electron chi connectivity index (χ1n) is 7.10. The number of aliphatic hydroxyl groups excluding tert-OH is 1. The molecular weight excluding hydrogens is 279 g/mol. The van der Waals surface area contributed by atoms with E-state index in [1.807, 2.05) is 67.6 Å². The predicted octanol–water partition coefficient (Wildman–Crippen LogP) is 4.64. The molecular formula is C18H21O2P. The molecule has 0 aliphatic rings. The standard InChI is InChI=1S/C18H21O2P/c1-2-9-18(19)21(20,14-16-10-5-3-6-11-16)15-17-12-7-4-8-13-17/h2-13,18-19H,14-15H2,1H3/b9-2+. The number of allylic oxidation sites excluding steroid dienone is 1. The molecule has 0 fully saturated rings. The molecule has 2 rings (SSSR count). The van der Waals surface area contributed by atoms with Gasteiger partial charge >= 0.3 is 0 Å². The minimum atomic E-state index is -2.80. The van der Waals surface area contributed by atoms with Gasteiger partial charge in [0.25, 0.3) is 0 Å². The van der Waals surface area contributed by atoms with Crippen LogP contribution in [0.5, 0.6) is 0 Å². The maximum atomic E-state index is 13.3. The average Bonchev–Trinajstić information content (AvgIpc) is 2.49. The predicted molar refractivity (Wildman–Crippen MR) is 88.7 cm³/mol. The highest BCUT2D eigenvalue weighted by Crippen LogP contribution is 2.56. The van der Waals surface area contributed by atoms with Gasteiger partial charge in [-0.3, -0.25) is 0 Å². The monoisotopic (exact) mass is 300 g/mol. The minimum Gasteiger partial charge on any atom is -0.381 e. The minimum absolute atomic E-state index is 0.411. The molecule has 0 amide bonds. The number of aliphatic hydroxyl groups is 1. The Labute approximate surface area is 126 Å². The molecule has 2 aromatic rings. The summed E-state index contributed by atoms with van der Waals surface area (Å²) in [5.74, 6) is -0.900. The third-order valence-electron chi connectivity index (χ3n) is 3.43. The number of benzene rings is 2. The van der Waals surface area contributed by atoms with Gasteiger partial charge in [-0.25, -0.2) is 0 Å². The summed E-state index contributed by atoms with van der Waals surface area (Å²) in [6, 6.07) is 19.4. The van der Waals surface area contributed by atoms with Crippen LogP contribution >= 0.6 is 7.14 Å². The Hall–Kier alpha value is -1.63. The van der Waals surface area contributed by atoms with Crippen LogP contribution < -0.4 is 0 Å². The summed E-state index contributed by atoms with van der Waals surface area (Å²) in [7, 11) is -2.80. The van der Waals surface area contributed by atoms with Crippen molar-refractivity contribution in [2.24, 2.45) is 0 Å². The molecule has 3 heteroatoms. The molecule has 1 atom stereocenters. The van der Waals surface area contributed by atoms with Crippen molar-refractivity contribution in [1.82, 2.24) is 0 Å². The first-order chi connectivity index (χ1) is 10.1. The summed E-state index contributed by atoms with van der Waals surface area (Å²) < 4.78 is 13.3. The van der Waals surface area contributed by atoms with Crippen molar-refractivity contribution in [2.45, 2.75) is 25.1 Å². The third kappa shape index (κ3) is 4.42. The molecule has 0 aliphatic carbocycles. The molecule has 21 heavy (non-hydrogen) atoms. The van der Waals surface area contributed by atoms with Crippen LogP contribution in [0.15, 0.2) is 72.8 Å². The van der Waals surface area contributed by atoms with E-state index < -0.39 is 13.0 Å². The lowest BCUT2D eigenvalue weighted by atomic mass is 10.2. The van der Waals surface area contributed by atoms with Crippen LogP contribution in [0.25, 0.3) is 0 Å². The summed E-state index contributed by atoms with van der Waals surface area (Å²) in [5, 5.41) is 10.3. The molecule has 0 radical (unpaired) electrons. The molecule has 110 valence electrons. The highest BCUT2D eigenvalue weighted by atomic mass is 31.2. The normalized spacial score (nSPS) is 13.4. The highest BCUT2D eigenvalue weighted by molar-refractivity contribution is 7.63. The van der Waals surface area contributed by atoms with Gasteiger partial charge in [0.2, 0.25) is 0 Å². The number of rotatable bonds is 6. The van der Waals surface area contributed by atoms with E-state index in [4.69, 9.17) is 0 Å². The smallest absolute Gasteiger partial charge is 0.127 e. The summed E-state index contributed by atoms with van der Waals surface area (Å²) in [5.41, 5.74) is 2.00.